The minimum atomic E-state index is -0.399. The molecule has 1 heterocycles. The monoisotopic (exact) mass is 280 g/mol. The summed E-state index contributed by atoms with van der Waals surface area (Å²) in [4.78, 5) is 14.5. The summed E-state index contributed by atoms with van der Waals surface area (Å²) in [6.07, 6.45) is 0. The van der Waals surface area contributed by atoms with Gasteiger partial charge in [-0.15, -0.1) is 0 Å². The van der Waals surface area contributed by atoms with Crippen LogP contribution in [-0.2, 0) is 4.74 Å². The number of ether oxygens (including phenoxy) is 1. The Kier molecular flexibility index (Phi) is 4.28. The standard InChI is InChI=1S/C15H21FN2O2/c1-4-17-13-11(6-5-7-12(13)16)14(19)18-8-9-20-10-15(18,2)3/h5-7,17H,4,8-10H2,1-3H3. The van der Waals surface area contributed by atoms with Gasteiger partial charge in [0.05, 0.1) is 30.0 Å². The highest BCUT2D eigenvalue weighted by Gasteiger charge is 2.35. The molecule has 110 valence electrons. The van der Waals surface area contributed by atoms with Crippen LogP contribution >= 0.6 is 0 Å². The number of halogens is 1. The normalized spacial score (nSPS) is 17.9. The number of nitrogens with zero attached hydrogens (tertiary/aromatic N) is 1. The van der Waals surface area contributed by atoms with Crippen molar-refractivity contribution in [3.8, 4) is 0 Å². The van der Waals surface area contributed by atoms with E-state index in [2.05, 4.69) is 5.32 Å². The third-order valence-corrected chi connectivity index (χ3v) is 3.49. The summed E-state index contributed by atoms with van der Waals surface area (Å²) in [7, 11) is 0. The summed E-state index contributed by atoms with van der Waals surface area (Å²) in [6.45, 7) is 7.87. The summed E-state index contributed by atoms with van der Waals surface area (Å²) in [5.74, 6) is -0.558. The topological polar surface area (TPSA) is 41.6 Å². The van der Waals surface area contributed by atoms with Crippen LogP contribution in [0.15, 0.2) is 18.2 Å². The van der Waals surface area contributed by atoms with E-state index in [9.17, 15) is 9.18 Å². The highest BCUT2D eigenvalue weighted by molar-refractivity contribution is 6.00. The van der Waals surface area contributed by atoms with Gasteiger partial charge in [-0.25, -0.2) is 4.39 Å². The van der Waals surface area contributed by atoms with Crippen molar-refractivity contribution in [1.29, 1.82) is 0 Å². The Morgan fingerprint density at radius 1 is 1.50 bits per heavy atom. The molecule has 5 heteroatoms. The van der Waals surface area contributed by atoms with Crippen LogP contribution in [0, 0.1) is 5.82 Å². The summed E-state index contributed by atoms with van der Waals surface area (Å²) in [5, 5.41) is 2.94. The Morgan fingerprint density at radius 3 is 2.90 bits per heavy atom. The highest BCUT2D eigenvalue weighted by Crippen LogP contribution is 2.26. The number of anilines is 1. The molecular weight excluding hydrogens is 259 g/mol. The number of para-hydroxylation sites is 1. The van der Waals surface area contributed by atoms with Crippen LogP contribution in [-0.4, -0.2) is 42.6 Å². The molecule has 0 saturated carbocycles. The molecule has 4 nitrogen and oxygen atoms in total. The summed E-state index contributed by atoms with van der Waals surface area (Å²) in [6, 6.07) is 4.59. The second-order valence-electron chi connectivity index (χ2n) is 5.51. The molecule has 1 saturated heterocycles. The fourth-order valence-electron chi connectivity index (χ4n) is 2.44. The van der Waals surface area contributed by atoms with Gasteiger partial charge in [-0.2, -0.15) is 0 Å². The van der Waals surface area contributed by atoms with Crippen molar-refractivity contribution >= 4 is 11.6 Å². The average Bonchev–Trinajstić information content (AvgIpc) is 2.40. The van der Waals surface area contributed by atoms with Gasteiger partial charge in [0, 0.05) is 13.1 Å². The zero-order valence-electron chi connectivity index (χ0n) is 12.2. The second kappa shape index (κ2) is 5.79. The van der Waals surface area contributed by atoms with Crippen molar-refractivity contribution in [1.82, 2.24) is 4.90 Å². The van der Waals surface area contributed by atoms with E-state index in [1.54, 1.807) is 17.0 Å². The molecule has 1 aliphatic rings. The molecule has 0 unspecified atom stereocenters. The summed E-state index contributed by atoms with van der Waals surface area (Å²) >= 11 is 0. The molecule has 20 heavy (non-hydrogen) atoms. The van der Waals surface area contributed by atoms with Gasteiger partial charge in [0.1, 0.15) is 5.82 Å². The van der Waals surface area contributed by atoms with Gasteiger partial charge in [0.2, 0.25) is 0 Å². The Balaban J connectivity index is 2.35. The van der Waals surface area contributed by atoms with Crippen LogP contribution in [0.4, 0.5) is 10.1 Å². The molecule has 1 aliphatic heterocycles. The van der Waals surface area contributed by atoms with E-state index in [1.165, 1.54) is 6.07 Å². The van der Waals surface area contributed by atoms with Gasteiger partial charge in [-0.3, -0.25) is 4.79 Å². The molecule has 2 rings (SSSR count). The number of rotatable bonds is 3. The molecule has 0 aromatic heterocycles. The molecule has 1 aromatic carbocycles. The van der Waals surface area contributed by atoms with E-state index in [0.717, 1.165) is 0 Å². The van der Waals surface area contributed by atoms with Crippen molar-refractivity contribution in [2.75, 3.05) is 31.6 Å². The Morgan fingerprint density at radius 2 is 2.25 bits per heavy atom. The second-order valence-corrected chi connectivity index (χ2v) is 5.51. The van der Waals surface area contributed by atoms with Crippen LogP contribution in [0.25, 0.3) is 0 Å². The predicted octanol–water partition coefficient (Wildman–Crippen LogP) is 2.51. The zero-order valence-corrected chi connectivity index (χ0v) is 12.2. The zero-order chi connectivity index (χ0) is 14.8. The lowest BCUT2D eigenvalue weighted by Gasteiger charge is -2.42. The first kappa shape index (κ1) is 14.8. The number of benzene rings is 1. The van der Waals surface area contributed by atoms with Crippen LogP contribution < -0.4 is 5.32 Å². The molecule has 0 radical (unpaired) electrons. The van der Waals surface area contributed by atoms with Crippen LogP contribution in [0.2, 0.25) is 0 Å². The number of carbonyl (C=O) groups is 1. The maximum Gasteiger partial charge on any atom is 0.256 e. The van der Waals surface area contributed by atoms with Gasteiger partial charge in [-0.1, -0.05) is 6.07 Å². The number of hydrogen-bond donors (Lipinski definition) is 1. The smallest absolute Gasteiger partial charge is 0.256 e. The SMILES string of the molecule is CCNc1c(F)cccc1C(=O)N1CCOCC1(C)C. The molecule has 0 spiro atoms. The fraction of sp³-hybridized carbons (Fsp3) is 0.533. The van der Waals surface area contributed by atoms with E-state index in [-0.39, 0.29) is 17.1 Å². The molecule has 0 atom stereocenters. The Labute approximate surface area is 118 Å². The van der Waals surface area contributed by atoms with Crippen molar-refractivity contribution < 1.29 is 13.9 Å². The van der Waals surface area contributed by atoms with Crippen LogP contribution in [0.3, 0.4) is 0 Å². The molecule has 1 amide bonds. The van der Waals surface area contributed by atoms with Gasteiger partial charge in [-0.05, 0) is 32.9 Å². The van der Waals surface area contributed by atoms with Crippen molar-refractivity contribution in [2.24, 2.45) is 0 Å². The lowest BCUT2D eigenvalue weighted by molar-refractivity contribution is -0.0370. The van der Waals surface area contributed by atoms with Gasteiger partial charge >= 0.3 is 0 Å². The maximum atomic E-state index is 13.9. The summed E-state index contributed by atoms with van der Waals surface area (Å²) < 4.78 is 19.3. The lowest BCUT2D eigenvalue weighted by Crippen LogP contribution is -2.55. The quantitative estimate of drug-likeness (QED) is 0.925. The van der Waals surface area contributed by atoms with Crippen molar-refractivity contribution in [3.05, 3.63) is 29.6 Å². The first-order valence-electron chi connectivity index (χ1n) is 6.89. The van der Waals surface area contributed by atoms with E-state index in [4.69, 9.17) is 4.74 Å². The maximum absolute atomic E-state index is 13.9. The highest BCUT2D eigenvalue weighted by atomic mass is 19.1. The van der Waals surface area contributed by atoms with Gasteiger partial charge in [0.15, 0.2) is 0 Å². The third kappa shape index (κ3) is 2.77. The number of morpholine rings is 1. The first-order valence-corrected chi connectivity index (χ1v) is 6.89. The molecule has 1 aromatic rings. The molecular formula is C15H21FN2O2. The van der Waals surface area contributed by atoms with E-state index >= 15 is 0 Å². The molecule has 0 bridgehead atoms. The largest absolute Gasteiger partial charge is 0.382 e. The van der Waals surface area contributed by atoms with Gasteiger partial charge < -0.3 is 15.0 Å². The van der Waals surface area contributed by atoms with Crippen molar-refractivity contribution in [2.45, 2.75) is 26.3 Å². The first-order chi connectivity index (χ1) is 9.47. The Bertz CT molecular complexity index is 503. The minimum Gasteiger partial charge on any atom is -0.382 e. The van der Waals surface area contributed by atoms with Crippen LogP contribution in [0.1, 0.15) is 31.1 Å². The number of nitrogens with one attached hydrogen (secondary N) is 1. The number of hydrogen-bond acceptors (Lipinski definition) is 3. The molecule has 0 aliphatic carbocycles. The van der Waals surface area contributed by atoms with Crippen LogP contribution in [0.5, 0.6) is 0 Å². The predicted molar refractivity (Wildman–Crippen MR) is 76.5 cm³/mol. The van der Waals surface area contributed by atoms with Crippen molar-refractivity contribution in [3.63, 3.8) is 0 Å². The fourth-order valence-corrected chi connectivity index (χ4v) is 2.44. The summed E-state index contributed by atoms with van der Waals surface area (Å²) in [5.41, 5.74) is 0.273. The molecule has 1 fully saturated rings. The lowest BCUT2D eigenvalue weighted by atomic mass is 10.00. The molecule has 1 N–H and O–H groups in total. The number of carbonyl (C=O) groups excluding carboxylic acids is 1. The number of amides is 1. The minimum absolute atomic E-state index is 0.159. The van der Waals surface area contributed by atoms with E-state index in [1.807, 2.05) is 20.8 Å². The third-order valence-electron chi connectivity index (χ3n) is 3.49. The average molecular weight is 280 g/mol. The van der Waals surface area contributed by atoms with E-state index in [0.29, 0.717) is 31.9 Å². The Hall–Kier alpha value is -1.62. The van der Waals surface area contributed by atoms with Gasteiger partial charge in [0.25, 0.3) is 5.91 Å². The van der Waals surface area contributed by atoms with E-state index < -0.39 is 5.82 Å².